The van der Waals surface area contributed by atoms with Gasteiger partial charge in [0.05, 0.1) is 17.7 Å². The molecule has 0 aliphatic carbocycles. The van der Waals surface area contributed by atoms with Crippen molar-refractivity contribution in [1.29, 1.82) is 0 Å². The molecule has 0 aliphatic rings. The van der Waals surface area contributed by atoms with E-state index in [0.717, 1.165) is 5.56 Å². The minimum Gasteiger partial charge on any atom is -0.493 e. The fraction of sp³-hybridized carbons (Fsp3) is 0.235. The third kappa shape index (κ3) is 4.32. The molecular weight excluding hydrogens is 312 g/mol. The van der Waals surface area contributed by atoms with Crippen molar-refractivity contribution in [3.05, 3.63) is 59.2 Å². The molecule has 0 aromatic heterocycles. The van der Waals surface area contributed by atoms with Crippen LogP contribution in [-0.4, -0.2) is 21.2 Å². The maximum absolute atomic E-state index is 12.3. The summed E-state index contributed by atoms with van der Waals surface area (Å²) >= 11 is 0. The first kappa shape index (κ1) is 17.0. The number of hydrogen-bond acceptors (Lipinski definition) is 4. The molecule has 0 saturated carbocycles. The lowest BCUT2D eigenvalue weighted by Gasteiger charge is -2.08. The van der Waals surface area contributed by atoms with Gasteiger partial charge in [-0.05, 0) is 44.5 Å². The Hall–Kier alpha value is -2.34. The Bertz CT molecular complexity index is 814. The van der Waals surface area contributed by atoms with Crippen LogP contribution in [0, 0.1) is 13.8 Å². The molecule has 2 aromatic carbocycles. The summed E-state index contributed by atoms with van der Waals surface area (Å²) in [6, 6.07) is 12.5. The lowest BCUT2D eigenvalue weighted by molar-refractivity contribution is 0.340. The Labute approximate surface area is 137 Å². The molecule has 1 N–H and O–H groups in total. The molecule has 0 saturated heterocycles. The number of ether oxygens (including phenoxy) is 1. The molecule has 5 nitrogen and oxygen atoms in total. The fourth-order valence-electron chi connectivity index (χ4n) is 2.19. The van der Waals surface area contributed by atoms with E-state index in [0.29, 0.717) is 23.5 Å². The second-order valence-electron chi connectivity index (χ2n) is 5.09. The highest BCUT2D eigenvalue weighted by Crippen LogP contribution is 2.17. The van der Waals surface area contributed by atoms with Crippen LogP contribution in [0.5, 0.6) is 5.75 Å². The largest absolute Gasteiger partial charge is 0.493 e. The van der Waals surface area contributed by atoms with Gasteiger partial charge in [-0.1, -0.05) is 29.8 Å². The van der Waals surface area contributed by atoms with Gasteiger partial charge in [0.15, 0.2) is 0 Å². The Balaban J connectivity index is 2.19. The van der Waals surface area contributed by atoms with E-state index in [4.69, 9.17) is 4.74 Å². The van der Waals surface area contributed by atoms with E-state index < -0.39 is 10.0 Å². The Kier molecular flexibility index (Phi) is 5.39. The average molecular weight is 332 g/mol. The van der Waals surface area contributed by atoms with Crippen molar-refractivity contribution in [2.45, 2.75) is 25.7 Å². The summed E-state index contributed by atoms with van der Waals surface area (Å²) in [6.45, 7) is 6.09. The number of hydrogen-bond donors (Lipinski definition) is 1. The molecule has 2 aromatic rings. The van der Waals surface area contributed by atoms with Crippen LogP contribution in [0.15, 0.2) is 52.5 Å². The fourth-order valence-corrected chi connectivity index (χ4v) is 3.21. The van der Waals surface area contributed by atoms with Gasteiger partial charge in [-0.15, -0.1) is 0 Å². The molecule has 0 fully saturated rings. The van der Waals surface area contributed by atoms with Crippen LogP contribution in [0.4, 0.5) is 0 Å². The third-order valence-corrected chi connectivity index (χ3v) is 4.60. The summed E-state index contributed by atoms with van der Waals surface area (Å²) in [7, 11) is -3.69. The molecule has 0 heterocycles. The number of rotatable bonds is 6. The molecule has 0 atom stereocenters. The Morgan fingerprint density at radius 3 is 2.61 bits per heavy atom. The number of para-hydroxylation sites is 1. The Morgan fingerprint density at radius 1 is 1.17 bits per heavy atom. The van der Waals surface area contributed by atoms with Gasteiger partial charge < -0.3 is 4.74 Å². The summed E-state index contributed by atoms with van der Waals surface area (Å²) in [5.74, 6) is 0.657. The van der Waals surface area contributed by atoms with Gasteiger partial charge in [-0.2, -0.15) is 13.5 Å². The van der Waals surface area contributed by atoms with Gasteiger partial charge in [0.1, 0.15) is 5.75 Å². The van der Waals surface area contributed by atoms with Gasteiger partial charge >= 0.3 is 0 Å². The zero-order valence-corrected chi connectivity index (χ0v) is 14.2. The predicted octanol–water partition coefficient (Wildman–Crippen LogP) is 3.01. The van der Waals surface area contributed by atoms with Crippen LogP contribution >= 0.6 is 0 Å². The van der Waals surface area contributed by atoms with Gasteiger partial charge in [-0.25, -0.2) is 4.83 Å². The highest BCUT2D eigenvalue weighted by atomic mass is 32.2. The molecule has 6 heteroatoms. The van der Waals surface area contributed by atoms with Crippen molar-refractivity contribution in [3.8, 4) is 5.75 Å². The van der Waals surface area contributed by atoms with Crippen LogP contribution in [0.1, 0.15) is 23.6 Å². The van der Waals surface area contributed by atoms with Crippen molar-refractivity contribution < 1.29 is 13.2 Å². The second-order valence-corrected chi connectivity index (χ2v) is 6.72. The van der Waals surface area contributed by atoms with Gasteiger partial charge in [-0.3, -0.25) is 0 Å². The highest BCUT2D eigenvalue weighted by molar-refractivity contribution is 7.89. The predicted molar refractivity (Wildman–Crippen MR) is 91.4 cm³/mol. The van der Waals surface area contributed by atoms with E-state index in [1.165, 1.54) is 6.21 Å². The number of hydrazone groups is 1. The lowest BCUT2D eigenvalue weighted by atomic mass is 10.2. The molecule has 0 unspecified atom stereocenters. The first-order valence-corrected chi connectivity index (χ1v) is 8.76. The minimum atomic E-state index is -3.69. The standard InChI is InChI=1S/C17H20N2O3S/c1-4-22-16-8-6-5-7-15(16)12-18-19-23(20,21)17-10-9-13(2)11-14(17)3/h5-12,19H,4H2,1-3H3/b18-12+. The summed E-state index contributed by atoms with van der Waals surface area (Å²) in [5, 5.41) is 3.85. The van der Waals surface area contributed by atoms with Crippen molar-refractivity contribution in [2.75, 3.05) is 6.61 Å². The van der Waals surface area contributed by atoms with Crippen LogP contribution in [0.3, 0.4) is 0 Å². The van der Waals surface area contributed by atoms with Crippen LogP contribution < -0.4 is 9.57 Å². The quantitative estimate of drug-likeness (QED) is 0.653. The molecule has 0 spiro atoms. The number of sulfonamides is 1. The van der Waals surface area contributed by atoms with Crippen LogP contribution in [0.2, 0.25) is 0 Å². The van der Waals surface area contributed by atoms with Crippen LogP contribution in [-0.2, 0) is 10.0 Å². The van der Waals surface area contributed by atoms with Gasteiger partial charge in [0.2, 0.25) is 0 Å². The topological polar surface area (TPSA) is 67.8 Å². The maximum atomic E-state index is 12.3. The van der Waals surface area contributed by atoms with Crippen molar-refractivity contribution in [1.82, 2.24) is 4.83 Å². The van der Waals surface area contributed by atoms with E-state index in [1.807, 2.05) is 38.1 Å². The number of benzene rings is 2. The van der Waals surface area contributed by atoms with Crippen LogP contribution in [0.25, 0.3) is 0 Å². The number of aryl methyl sites for hydroxylation is 2. The minimum absolute atomic E-state index is 0.221. The van der Waals surface area contributed by atoms with Gasteiger partial charge in [0.25, 0.3) is 10.0 Å². The molecular formula is C17H20N2O3S. The zero-order chi connectivity index (χ0) is 16.9. The summed E-state index contributed by atoms with van der Waals surface area (Å²) < 4.78 is 30.1. The van der Waals surface area contributed by atoms with Crippen molar-refractivity contribution in [2.24, 2.45) is 5.10 Å². The van der Waals surface area contributed by atoms with Gasteiger partial charge in [0, 0.05) is 5.56 Å². The monoisotopic (exact) mass is 332 g/mol. The lowest BCUT2D eigenvalue weighted by Crippen LogP contribution is -2.19. The van der Waals surface area contributed by atoms with Crippen molar-refractivity contribution >= 4 is 16.2 Å². The number of nitrogens with zero attached hydrogens (tertiary/aromatic N) is 1. The molecule has 122 valence electrons. The molecule has 0 amide bonds. The number of nitrogens with one attached hydrogen (secondary N) is 1. The van der Waals surface area contributed by atoms with E-state index in [1.54, 1.807) is 25.1 Å². The molecule has 0 radical (unpaired) electrons. The van der Waals surface area contributed by atoms with Crippen molar-refractivity contribution in [3.63, 3.8) is 0 Å². The first-order valence-electron chi connectivity index (χ1n) is 7.28. The summed E-state index contributed by atoms with van der Waals surface area (Å²) in [6.07, 6.45) is 1.44. The molecule has 0 aliphatic heterocycles. The second kappa shape index (κ2) is 7.28. The smallest absolute Gasteiger partial charge is 0.276 e. The summed E-state index contributed by atoms with van der Waals surface area (Å²) in [5.41, 5.74) is 2.40. The zero-order valence-electron chi connectivity index (χ0n) is 13.4. The normalized spacial score (nSPS) is 11.6. The van der Waals surface area contributed by atoms with E-state index in [2.05, 4.69) is 9.93 Å². The van der Waals surface area contributed by atoms with E-state index in [9.17, 15) is 8.42 Å². The molecule has 2 rings (SSSR count). The van der Waals surface area contributed by atoms with E-state index >= 15 is 0 Å². The SMILES string of the molecule is CCOc1ccccc1/C=N/NS(=O)(=O)c1ccc(C)cc1C. The average Bonchev–Trinajstić information content (AvgIpc) is 2.48. The molecule has 23 heavy (non-hydrogen) atoms. The van der Waals surface area contributed by atoms with E-state index in [-0.39, 0.29) is 4.90 Å². The maximum Gasteiger partial charge on any atom is 0.276 e. The highest BCUT2D eigenvalue weighted by Gasteiger charge is 2.15. The molecule has 0 bridgehead atoms. The first-order chi connectivity index (χ1) is 10.9. The third-order valence-electron chi connectivity index (χ3n) is 3.22. The Morgan fingerprint density at radius 2 is 1.91 bits per heavy atom. The summed E-state index contributed by atoms with van der Waals surface area (Å²) in [4.78, 5) is 2.46.